The Morgan fingerprint density at radius 3 is 2.69 bits per heavy atom. The highest BCUT2D eigenvalue weighted by Crippen LogP contribution is 2.25. The smallest absolute Gasteiger partial charge is 0.0815 e. The fourth-order valence-corrected chi connectivity index (χ4v) is 1.44. The van der Waals surface area contributed by atoms with Crippen LogP contribution in [0.2, 0.25) is 5.02 Å². The van der Waals surface area contributed by atoms with Crippen LogP contribution >= 0.6 is 11.6 Å². The van der Waals surface area contributed by atoms with E-state index in [9.17, 15) is 5.11 Å². The minimum atomic E-state index is -0.399. The monoisotopic (exact) mass is 198 g/mol. The molecule has 0 aromatic heterocycles. The summed E-state index contributed by atoms with van der Waals surface area (Å²) in [4.78, 5) is 0. The third kappa shape index (κ3) is 2.71. The van der Waals surface area contributed by atoms with Crippen molar-refractivity contribution >= 4 is 11.6 Å². The number of benzene rings is 1. The molecule has 0 aliphatic rings. The zero-order valence-electron chi connectivity index (χ0n) is 8.00. The molecular weight excluding hydrogens is 184 g/mol. The van der Waals surface area contributed by atoms with Crippen LogP contribution in [-0.2, 0) is 0 Å². The second-order valence-corrected chi connectivity index (χ2v) is 3.82. The molecule has 13 heavy (non-hydrogen) atoms. The molecule has 72 valence electrons. The Hall–Kier alpha value is -0.530. The van der Waals surface area contributed by atoms with E-state index in [2.05, 4.69) is 6.92 Å². The Morgan fingerprint density at radius 1 is 1.46 bits per heavy atom. The van der Waals surface area contributed by atoms with Crippen LogP contribution in [0.3, 0.4) is 0 Å². The summed E-state index contributed by atoms with van der Waals surface area (Å²) in [6.45, 7) is 4.10. The summed E-state index contributed by atoms with van der Waals surface area (Å²) in [6.07, 6.45) is 0.567. The summed E-state index contributed by atoms with van der Waals surface area (Å²) in [7, 11) is 0. The van der Waals surface area contributed by atoms with Crippen molar-refractivity contribution in [2.45, 2.75) is 26.4 Å². The molecule has 0 saturated carbocycles. The number of aliphatic hydroxyl groups excluding tert-OH is 1. The minimum absolute atomic E-state index is 0.276. The number of hydrogen-bond donors (Lipinski definition) is 1. The summed E-state index contributed by atoms with van der Waals surface area (Å²) in [5.74, 6) is 0.276. The van der Waals surface area contributed by atoms with E-state index in [-0.39, 0.29) is 5.92 Å². The van der Waals surface area contributed by atoms with Gasteiger partial charge < -0.3 is 5.11 Å². The lowest BCUT2D eigenvalue weighted by molar-refractivity contribution is 0.115. The van der Waals surface area contributed by atoms with E-state index in [1.54, 1.807) is 0 Å². The predicted molar refractivity (Wildman–Crippen MR) is 55.9 cm³/mol. The summed E-state index contributed by atoms with van der Waals surface area (Å²) in [5.41, 5.74) is 0.904. The molecule has 1 rings (SSSR count). The number of aliphatic hydroxyl groups is 1. The highest BCUT2D eigenvalue weighted by atomic mass is 35.5. The van der Waals surface area contributed by atoms with E-state index in [1.807, 2.05) is 31.2 Å². The molecule has 1 nitrogen and oxygen atoms in total. The van der Waals surface area contributed by atoms with Crippen LogP contribution in [0.5, 0.6) is 0 Å². The van der Waals surface area contributed by atoms with Gasteiger partial charge in [0.15, 0.2) is 0 Å². The zero-order chi connectivity index (χ0) is 9.84. The summed E-state index contributed by atoms with van der Waals surface area (Å²) in [6, 6.07) is 7.40. The maximum Gasteiger partial charge on any atom is 0.0815 e. The molecule has 0 aliphatic heterocycles. The van der Waals surface area contributed by atoms with Crippen LogP contribution in [0.1, 0.15) is 31.9 Å². The SMILES string of the molecule is CCC(C)C(O)c1cccc(Cl)c1. The largest absolute Gasteiger partial charge is 0.388 e. The van der Waals surface area contributed by atoms with Crippen molar-refractivity contribution in [3.63, 3.8) is 0 Å². The van der Waals surface area contributed by atoms with Gasteiger partial charge >= 0.3 is 0 Å². The van der Waals surface area contributed by atoms with E-state index >= 15 is 0 Å². The lowest BCUT2D eigenvalue weighted by Crippen LogP contribution is -2.07. The van der Waals surface area contributed by atoms with Crippen molar-refractivity contribution in [1.29, 1.82) is 0 Å². The second-order valence-electron chi connectivity index (χ2n) is 3.39. The molecule has 0 amide bonds. The highest BCUT2D eigenvalue weighted by Gasteiger charge is 2.14. The quantitative estimate of drug-likeness (QED) is 0.789. The molecule has 0 aliphatic carbocycles. The van der Waals surface area contributed by atoms with Gasteiger partial charge in [-0.1, -0.05) is 44.0 Å². The fraction of sp³-hybridized carbons (Fsp3) is 0.455. The van der Waals surface area contributed by atoms with Gasteiger partial charge in [-0.3, -0.25) is 0 Å². The van der Waals surface area contributed by atoms with Crippen molar-refractivity contribution in [3.8, 4) is 0 Å². The molecular formula is C11H15ClO. The Bertz CT molecular complexity index is 273. The van der Waals surface area contributed by atoms with Crippen LogP contribution in [0.15, 0.2) is 24.3 Å². The van der Waals surface area contributed by atoms with Gasteiger partial charge in [0.05, 0.1) is 6.10 Å². The second kappa shape index (κ2) is 4.64. The molecule has 1 aromatic rings. The lowest BCUT2D eigenvalue weighted by atomic mass is 9.95. The van der Waals surface area contributed by atoms with Crippen molar-refractivity contribution < 1.29 is 5.11 Å². The molecule has 2 unspecified atom stereocenters. The van der Waals surface area contributed by atoms with Gasteiger partial charge in [0, 0.05) is 5.02 Å². The average molecular weight is 199 g/mol. The van der Waals surface area contributed by atoms with Gasteiger partial charge in [-0.05, 0) is 23.6 Å². The Morgan fingerprint density at radius 2 is 2.15 bits per heavy atom. The van der Waals surface area contributed by atoms with Crippen molar-refractivity contribution in [1.82, 2.24) is 0 Å². The third-order valence-electron chi connectivity index (χ3n) is 2.37. The van der Waals surface area contributed by atoms with Crippen LogP contribution in [0, 0.1) is 5.92 Å². The normalized spacial score (nSPS) is 15.4. The first-order valence-corrected chi connectivity index (χ1v) is 4.96. The van der Waals surface area contributed by atoms with Crippen LogP contribution in [-0.4, -0.2) is 5.11 Å². The molecule has 0 radical (unpaired) electrons. The van der Waals surface area contributed by atoms with Crippen molar-refractivity contribution in [2.75, 3.05) is 0 Å². The molecule has 0 heterocycles. The highest BCUT2D eigenvalue weighted by molar-refractivity contribution is 6.30. The Labute approximate surface area is 84.4 Å². The van der Waals surface area contributed by atoms with Crippen molar-refractivity contribution in [2.24, 2.45) is 5.92 Å². The minimum Gasteiger partial charge on any atom is -0.388 e. The Balaban J connectivity index is 2.82. The van der Waals surface area contributed by atoms with Gasteiger partial charge in [0.2, 0.25) is 0 Å². The third-order valence-corrected chi connectivity index (χ3v) is 2.61. The van der Waals surface area contributed by atoms with Gasteiger partial charge in [0.25, 0.3) is 0 Å². The summed E-state index contributed by atoms with van der Waals surface area (Å²) < 4.78 is 0. The van der Waals surface area contributed by atoms with E-state index in [0.717, 1.165) is 12.0 Å². The van der Waals surface area contributed by atoms with Crippen molar-refractivity contribution in [3.05, 3.63) is 34.9 Å². The number of halogens is 1. The predicted octanol–water partition coefficient (Wildman–Crippen LogP) is 3.42. The van der Waals surface area contributed by atoms with Crippen LogP contribution in [0.25, 0.3) is 0 Å². The molecule has 1 aromatic carbocycles. The first-order chi connectivity index (χ1) is 6.15. The van der Waals surface area contributed by atoms with Gasteiger partial charge in [0.1, 0.15) is 0 Å². The molecule has 2 heteroatoms. The molecule has 0 saturated heterocycles. The van der Waals surface area contributed by atoms with Crippen LogP contribution in [0.4, 0.5) is 0 Å². The maximum atomic E-state index is 9.85. The fourth-order valence-electron chi connectivity index (χ4n) is 1.24. The zero-order valence-corrected chi connectivity index (χ0v) is 8.75. The molecule has 0 fully saturated rings. The molecule has 0 bridgehead atoms. The Kier molecular flexibility index (Phi) is 3.76. The van der Waals surface area contributed by atoms with E-state index in [0.29, 0.717) is 5.02 Å². The van der Waals surface area contributed by atoms with Gasteiger partial charge in [-0.2, -0.15) is 0 Å². The molecule has 1 N–H and O–H groups in total. The van der Waals surface area contributed by atoms with E-state index in [4.69, 9.17) is 11.6 Å². The van der Waals surface area contributed by atoms with Gasteiger partial charge in [-0.25, -0.2) is 0 Å². The first-order valence-electron chi connectivity index (χ1n) is 4.58. The molecule has 0 spiro atoms. The molecule has 2 atom stereocenters. The lowest BCUT2D eigenvalue weighted by Gasteiger charge is -2.17. The van der Waals surface area contributed by atoms with Crippen LogP contribution < -0.4 is 0 Å². The standard InChI is InChI=1S/C11H15ClO/c1-3-8(2)11(13)9-5-4-6-10(12)7-9/h4-8,11,13H,3H2,1-2H3. The summed E-state index contributed by atoms with van der Waals surface area (Å²) >= 11 is 5.83. The topological polar surface area (TPSA) is 20.2 Å². The number of rotatable bonds is 3. The summed E-state index contributed by atoms with van der Waals surface area (Å²) in [5, 5.41) is 10.5. The van der Waals surface area contributed by atoms with E-state index < -0.39 is 6.10 Å². The van der Waals surface area contributed by atoms with E-state index in [1.165, 1.54) is 0 Å². The maximum absolute atomic E-state index is 9.85. The van der Waals surface area contributed by atoms with Gasteiger partial charge in [-0.15, -0.1) is 0 Å². The first kappa shape index (κ1) is 10.6. The number of hydrogen-bond acceptors (Lipinski definition) is 1. The average Bonchev–Trinajstić information content (AvgIpc) is 2.15.